The molecule has 1 aromatic heterocycles. The SMILES string of the molecule is Cc1oc2c3c(ccc2c(=O)c1Oc1ccccc1Br)OCN(C(C)c1ccccc1)C3. The maximum absolute atomic E-state index is 13.3. The summed E-state index contributed by atoms with van der Waals surface area (Å²) in [6.07, 6.45) is 0. The molecule has 1 aliphatic heterocycles. The van der Waals surface area contributed by atoms with Crippen molar-refractivity contribution in [2.24, 2.45) is 0 Å². The predicted molar refractivity (Wildman–Crippen MR) is 127 cm³/mol. The fraction of sp³-hybridized carbons (Fsp3) is 0.192. The van der Waals surface area contributed by atoms with E-state index in [1.165, 1.54) is 5.56 Å². The van der Waals surface area contributed by atoms with Crippen molar-refractivity contribution in [1.82, 2.24) is 4.90 Å². The summed E-state index contributed by atoms with van der Waals surface area (Å²) >= 11 is 3.46. The molecule has 3 aromatic carbocycles. The van der Waals surface area contributed by atoms with Gasteiger partial charge in [0, 0.05) is 12.6 Å². The summed E-state index contributed by atoms with van der Waals surface area (Å²) in [5.74, 6) is 1.93. The van der Waals surface area contributed by atoms with E-state index in [1.807, 2.05) is 42.5 Å². The predicted octanol–water partition coefficient (Wildman–Crippen LogP) is 6.57. The summed E-state index contributed by atoms with van der Waals surface area (Å²) in [6, 6.07) is 21.5. The Labute approximate surface area is 194 Å². The first-order valence-corrected chi connectivity index (χ1v) is 11.3. The van der Waals surface area contributed by atoms with Crippen LogP contribution in [-0.4, -0.2) is 11.6 Å². The molecule has 162 valence electrons. The van der Waals surface area contributed by atoms with E-state index in [2.05, 4.69) is 39.9 Å². The van der Waals surface area contributed by atoms with E-state index in [9.17, 15) is 4.79 Å². The molecule has 0 aliphatic carbocycles. The summed E-state index contributed by atoms with van der Waals surface area (Å²) in [7, 11) is 0. The van der Waals surface area contributed by atoms with Crippen LogP contribution in [0.2, 0.25) is 0 Å². The van der Waals surface area contributed by atoms with Gasteiger partial charge in [0.1, 0.15) is 29.6 Å². The van der Waals surface area contributed by atoms with Crippen LogP contribution in [0, 0.1) is 6.92 Å². The second-order valence-electron chi connectivity index (χ2n) is 7.87. The number of hydrogen-bond donors (Lipinski definition) is 0. The highest BCUT2D eigenvalue weighted by Gasteiger charge is 2.27. The lowest BCUT2D eigenvalue weighted by Gasteiger charge is -2.34. The number of benzene rings is 3. The zero-order valence-electron chi connectivity index (χ0n) is 17.8. The van der Waals surface area contributed by atoms with Gasteiger partial charge in [-0.15, -0.1) is 0 Å². The molecule has 2 heterocycles. The van der Waals surface area contributed by atoms with E-state index < -0.39 is 0 Å². The van der Waals surface area contributed by atoms with Crippen molar-refractivity contribution in [2.75, 3.05) is 6.73 Å². The van der Waals surface area contributed by atoms with Crippen molar-refractivity contribution in [3.05, 3.63) is 98.3 Å². The zero-order valence-corrected chi connectivity index (χ0v) is 19.4. The quantitative estimate of drug-likeness (QED) is 0.323. The number of para-hydroxylation sites is 1. The lowest BCUT2D eigenvalue weighted by atomic mass is 10.0. The number of fused-ring (bicyclic) bond motifs is 3. The third-order valence-electron chi connectivity index (χ3n) is 5.87. The van der Waals surface area contributed by atoms with Crippen molar-refractivity contribution < 1.29 is 13.9 Å². The Morgan fingerprint density at radius 1 is 1.03 bits per heavy atom. The second-order valence-corrected chi connectivity index (χ2v) is 8.73. The smallest absolute Gasteiger partial charge is 0.235 e. The molecule has 0 fully saturated rings. The monoisotopic (exact) mass is 491 g/mol. The number of ether oxygens (including phenoxy) is 2. The standard InChI is InChI=1S/C26H22BrNO4/c1-16(18-8-4-3-5-9-18)28-14-20-22(30-15-28)13-12-19-24(29)25(17(2)31-26(19)20)32-23-11-7-6-10-21(23)27/h3-13,16H,14-15H2,1-2H3. The molecule has 32 heavy (non-hydrogen) atoms. The topological polar surface area (TPSA) is 51.9 Å². The van der Waals surface area contributed by atoms with Gasteiger partial charge in [0.15, 0.2) is 0 Å². The molecular formula is C26H22BrNO4. The fourth-order valence-corrected chi connectivity index (χ4v) is 4.39. The molecule has 5 nitrogen and oxygen atoms in total. The molecule has 0 amide bonds. The van der Waals surface area contributed by atoms with Gasteiger partial charge in [-0.3, -0.25) is 9.69 Å². The first-order chi connectivity index (χ1) is 15.5. The number of hydrogen-bond acceptors (Lipinski definition) is 5. The van der Waals surface area contributed by atoms with Crippen LogP contribution in [0.3, 0.4) is 0 Å². The van der Waals surface area contributed by atoms with E-state index in [0.717, 1.165) is 15.8 Å². The lowest BCUT2D eigenvalue weighted by molar-refractivity contribution is 0.0620. The largest absolute Gasteiger partial charge is 0.478 e. The second kappa shape index (κ2) is 8.45. The lowest BCUT2D eigenvalue weighted by Crippen LogP contribution is -2.34. The minimum absolute atomic E-state index is 0.158. The van der Waals surface area contributed by atoms with Crippen molar-refractivity contribution in [3.63, 3.8) is 0 Å². The third-order valence-corrected chi connectivity index (χ3v) is 6.52. The Morgan fingerprint density at radius 3 is 2.56 bits per heavy atom. The van der Waals surface area contributed by atoms with Crippen LogP contribution in [0.4, 0.5) is 0 Å². The molecule has 6 heteroatoms. The van der Waals surface area contributed by atoms with Crippen LogP contribution in [0.25, 0.3) is 11.0 Å². The number of aryl methyl sites for hydroxylation is 1. The third kappa shape index (κ3) is 3.70. The van der Waals surface area contributed by atoms with Crippen molar-refractivity contribution in [3.8, 4) is 17.2 Å². The average molecular weight is 492 g/mol. The molecule has 0 spiro atoms. The summed E-state index contributed by atoms with van der Waals surface area (Å²) in [6.45, 7) is 5.00. The molecular weight excluding hydrogens is 470 g/mol. The molecule has 0 bridgehead atoms. The van der Waals surface area contributed by atoms with Gasteiger partial charge in [0.05, 0.1) is 15.4 Å². The molecule has 0 radical (unpaired) electrons. The minimum Gasteiger partial charge on any atom is -0.478 e. The van der Waals surface area contributed by atoms with Gasteiger partial charge in [-0.05, 0) is 59.6 Å². The van der Waals surface area contributed by atoms with Gasteiger partial charge in [0.2, 0.25) is 11.2 Å². The van der Waals surface area contributed by atoms with Gasteiger partial charge in [0.25, 0.3) is 0 Å². The highest BCUT2D eigenvalue weighted by Crippen LogP contribution is 2.37. The first-order valence-electron chi connectivity index (χ1n) is 10.5. The Morgan fingerprint density at radius 2 is 1.78 bits per heavy atom. The molecule has 5 rings (SSSR count). The van der Waals surface area contributed by atoms with Crippen LogP contribution in [0.5, 0.6) is 17.2 Å². The molecule has 1 aliphatic rings. The van der Waals surface area contributed by atoms with Crippen molar-refractivity contribution in [2.45, 2.75) is 26.4 Å². The van der Waals surface area contributed by atoms with Gasteiger partial charge in [-0.25, -0.2) is 0 Å². The average Bonchev–Trinajstić information content (AvgIpc) is 2.82. The Hall–Kier alpha value is -3.09. The highest BCUT2D eigenvalue weighted by atomic mass is 79.9. The summed E-state index contributed by atoms with van der Waals surface area (Å²) in [4.78, 5) is 15.6. The number of nitrogens with zero attached hydrogens (tertiary/aromatic N) is 1. The van der Waals surface area contributed by atoms with Crippen LogP contribution in [-0.2, 0) is 6.54 Å². The molecule has 0 saturated heterocycles. The van der Waals surface area contributed by atoms with Crippen LogP contribution in [0.15, 0.2) is 80.4 Å². The molecule has 4 aromatic rings. The van der Waals surface area contributed by atoms with Crippen LogP contribution in [0.1, 0.15) is 29.9 Å². The number of halogens is 1. The van der Waals surface area contributed by atoms with Gasteiger partial charge in [-0.2, -0.15) is 0 Å². The van der Waals surface area contributed by atoms with Gasteiger partial charge in [-0.1, -0.05) is 42.5 Å². The molecule has 1 atom stereocenters. The molecule has 0 N–H and O–H groups in total. The molecule has 1 unspecified atom stereocenters. The van der Waals surface area contributed by atoms with Gasteiger partial charge >= 0.3 is 0 Å². The highest BCUT2D eigenvalue weighted by molar-refractivity contribution is 9.10. The normalized spacial score (nSPS) is 14.6. The molecule has 0 saturated carbocycles. The minimum atomic E-state index is -0.199. The summed E-state index contributed by atoms with van der Waals surface area (Å²) in [5, 5.41) is 0.481. The summed E-state index contributed by atoms with van der Waals surface area (Å²) in [5.41, 5.74) is 2.44. The van der Waals surface area contributed by atoms with E-state index in [0.29, 0.717) is 35.8 Å². The number of rotatable bonds is 4. The zero-order chi connectivity index (χ0) is 22.2. The van der Waals surface area contributed by atoms with Crippen LogP contribution >= 0.6 is 15.9 Å². The van der Waals surface area contributed by atoms with Crippen molar-refractivity contribution in [1.29, 1.82) is 0 Å². The maximum Gasteiger partial charge on any atom is 0.235 e. The Balaban J connectivity index is 1.54. The van der Waals surface area contributed by atoms with E-state index in [4.69, 9.17) is 13.9 Å². The maximum atomic E-state index is 13.3. The van der Waals surface area contributed by atoms with Crippen molar-refractivity contribution >= 4 is 26.9 Å². The van der Waals surface area contributed by atoms with Crippen LogP contribution < -0.4 is 14.9 Å². The fourth-order valence-electron chi connectivity index (χ4n) is 4.02. The van der Waals surface area contributed by atoms with E-state index >= 15 is 0 Å². The first kappa shape index (κ1) is 20.8. The Kier molecular flexibility index (Phi) is 5.49. The van der Waals surface area contributed by atoms with Gasteiger partial charge < -0.3 is 13.9 Å². The van der Waals surface area contributed by atoms with E-state index in [-0.39, 0.29) is 17.2 Å². The summed E-state index contributed by atoms with van der Waals surface area (Å²) < 4.78 is 18.9. The Bertz CT molecular complexity index is 1350. The van der Waals surface area contributed by atoms with E-state index in [1.54, 1.807) is 19.1 Å².